The lowest BCUT2D eigenvalue weighted by molar-refractivity contribution is 0.0519. The second-order valence-corrected chi connectivity index (χ2v) is 10.2. The second kappa shape index (κ2) is 10.9. The van der Waals surface area contributed by atoms with Crippen LogP contribution in [0.25, 0.3) is 32.8 Å². The Bertz CT molecular complexity index is 1740. The molecule has 2 aromatic heterocycles. The summed E-state index contributed by atoms with van der Waals surface area (Å²) in [5, 5.41) is 7.82. The Hall–Kier alpha value is -3.88. The van der Waals surface area contributed by atoms with Crippen LogP contribution in [0.2, 0.25) is 5.02 Å². The Morgan fingerprint density at radius 3 is 2.88 bits per heavy atom. The fourth-order valence-corrected chi connectivity index (χ4v) is 5.81. The first-order valence-corrected chi connectivity index (χ1v) is 13.8. The van der Waals surface area contributed by atoms with Gasteiger partial charge in [0.05, 0.1) is 54.9 Å². The highest BCUT2D eigenvalue weighted by molar-refractivity contribution is 6.35. The van der Waals surface area contributed by atoms with Crippen molar-refractivity contribution in [1.82, 2.24) is 14.8 Å². The molecule has 0 fully saturated rings. The molecule has 0 saturated carbocycles. The molecule has 0 atom stereocenters. The minimum absolute atomic E-state index is 0.263. The van der Waals surface area contributed by atoms with Crippen molar-refractivity contribution in [3.63, 3.8) is 0 Å². The molecule has 0 aliphatic carbocycles. The summed E-state index contributed by atoms with van der Waals surface area (Å²) < 4.78 is 32.9. The molecule has 0 spiro atoms. The number of hydrogen-bond donors (Lipinski definition) is 1. The molecule has 206 valence electrons. The summed E-state index contributed by atoms with van der Waals surface area (Å²) in [6.07, 6.45) is 1.22. The highest BCUT2D eigenvalue weighted by atomic mass is 35.5. The van der Waals surface area contributed by atoms with Crippen molar-refractivity contribution in [3.8, 4) is 16.9 Å². The van der Waals surface area contributed by atoms with Crippen molar-refractivity contribution >= 4 is 39.2 Å². The molecule has 0 saturated heterocycles. The zero-order chi connectivity index (χ0) is 27.8. The van der Waals surface area contributed by atoms with E-state index in [4.69, 9.17) is 30.9 Å². The number of aromatic amines is 1. The van der Waals surface area contributed by atoms with E-state index in [-0.39, 0.29) is 12.4 Å². The van der Waals surface area contributed by atoms with Gasteiger partial charge in [-0.1, -0.05) is 29.8 Å². The summed E-state index contributed by atoms with van der Waals surface area (Å²) in [5.41, 5.74) is 5.59. The maximum absolute atomic E-state index is 13.7. The molecule has 5 aromatic rings. The van der Waals surface area contributed by atoms with Crippen molar-refractivity contribution < 1.29 is 23.4 Å². The number of nitrogens with zero attached hydrogens (tertiary/aromatic N) is 2. The fraction of sp³-hybridized carbons (Fsp3) is 0.290. The molecule has 0 amide bonds. The molecule has 40 heavy (non-hydrogen) atoms. The van der Waals surface area contributed by atoms with Gasteiger partial charge in [0.1, 0.15) is 17.3 Å². The maximum Gasteiger partial charge on any atom is 0.355 e. The number of H-pyrrole nitrogens is 1. The summed E-state index contributed by atoms with van der Waals surface area (Å²) in [4.78, 5) is 16.4. The molecular formula is C31H29ClFN3O4. The molecule has 3 heterocycles. The number of esters is 1. The van der Waals surface area contributed by atoms with Crippen LogP contribution in [0.1, 0.15) is 40.8 Å². The van der Waals surface area contributed by atoms with Crippen LogP contribution in [0.5, 0.6) is 5.75 Å². The van der Waals surface area contributed by atoms with Gasteiger partial charge in [-0.05, 0) is 68.0 Å². The molecule has 9 heteroatoms. The largest absolute Gasteiger partial charge is 0.493 e. The number of benzene rings is 3. The van der Waals surface area contributed by atoms with E-state index in [9.17, 15) is 9.18 Å². The average Bonchev–Trinajstić information content (AvgIpc) is 3.48. The first-order chi connectivity index (χ1) is 19.5. The number of carbonyl (C=O) groups is 1. The predicted molar refractivity (Wildman–Crippen MR) is 153 cm³/mol. The molecule has 0 bridgehead atoms. The number of carbonyl (C=O) groups excluding carboxylic acids is 1. The van der Waals surface area contributed by atoms with E-state index < -0.39 is 5.97 Å². The lowest BCUT2D eigenvalue weighted by Gasteiger charge is -2.16. The molecule has 0 unspecified atom stereocenters. The van der Waals surface area contributed by atoms with Gasteiger partial charge in [0.15, 0.2) is 0 Å². The van der Waals surface area contributed by atoms with Crippen LogP contribution < -0.4 is 4.74 Å². The number of aromatic nitrogens is 3. The van der Waals surface area contributed by atoms with Crippen molar-refractivity contribution in [2.24, 2.45) is 0 Å². The first kappa shape index (κ1) is 26.3. The number of ether oxygens (including phenoxy) is 3. The average molecular weight is 562 g/mol. The Morgan fingerprint density at radius 1 is 1.18 bits per heavy atom. The highest BCUT2D eigenvalue weighted by Gasteiger charge is 2.27. The van der Waals surface area contributed by atoms with Crippen molar-refractivity contribution in [1.29, 1.82) is 0 Å². The fourth-order valence-electron chi connectivity index (χ4n) is 5.56. The summed E-state index contributed by atoms with van der Waals surface area (Å²) >= 11 is 6.81. The Kier molecular flexibility index (Phi) is 7.21. The van der Waals surface area contributed by atoms with Gasteiger partial charge >= 0.3 is 5.97 Å². The Balaban J connectivity index is 1.34. The molecule has 1 N–H and O–H groups in total. The second-order valence-electron chi connectivity index (χ2n) is 9.80. The number of hydrogen-bond acceptors (Lipinski definition) is 5. The van der Waals surface area contributed by atoms with Crippen LogP contribution in [0.4, 0.5) is 4.39 Å². The number of rotatable bonds is 8. The Morgan fingerprint density at radius 2 is 2.02 bits per heavy atom. The topological polar surface area (TPSA) is 78.4 Å². The standard InChI is InChI=1S/C31H29ClFN3O4/c1-3-39-31(37)30-22(7-5-14-40-26-8-4-6-19-16-20(33)9-10-21(19)26)23-11-12-24(32)28(29(23)34-30)27-18(2)35-36-13-15-38-17-25(27)36/h4,6,8-12,16,34H,3,5,7,13-15,17H2,1-2H3. The van der Waals surface area contributed by atoms with Crippen LogP contribution in [-0.4, -0.2) is 40.6 Å². The predicted octanol–water partition coefficient (Wildman–Crippen LogP) is 7.00. The molecule has 7 nitrogen and oxygen atoms in total. The van der Waals surface area contributed by atoms with E-state index >= 15 is 0 Å². The van der Waals surface area contributed by atoms with Gasteiger partial charge in [-0.2, -0.15) is 5.10 Å². The number of fused-ring (bicyclic) bond motifs is 3. The smallest absolute Gasteiger partial charge is 0.355 e. The molecule has 6 rings (SSSR count). The van der Waals surface area contributed by atoms with Gasteiger partial charge in [0.2, 0.25) is 0 Å². The van der Waals surface area contributed by atoms with E-state index in [2.05, 4.69) is 4.98 Å². The van der Waals surface area contributed by atoms with Gasteiger partial charge < -0.3 is 19.2 Å². The van der Waals surface area contributed by atoms with Crippen molar-refractivity contribution in [3.05, 3.63) is 82.0 Å². The minimum atomic E-state index is -0.412. The van der Waals surface area contributed by atoms with E-state index in [0.29, 0.717) is 55.7 Å². The monoisotopic (exact) mass is 561 g/mol. The zero-order valence-corrected chi connectivity index (χ0v) is 23.1. The summed E-state index contributed by atoms with van der Waals surface area (Å²) in [6.45, 7) is 6.17. The van der Waals surface area contributed by atoms with E-state index in [1.807, 2.05) is 41.9 Å². The van der Waals surface area contributed by atoms with E-state index in [0.717, 1.165) is 49.8 Å². The third-order valence-electron chi connectivity index (χ3n) is 7.31. The summed E-state index contributed by atoms with van der Waals surface area (Å²) in [5.74, 6) is -0.000968. The van der Waals surface area contributed by atoms with Crippen LogP contribution in [0, 0.1) is 12.7 Å². The Labute approximate surface area is 235 Å². The van der Waals surface area contributed by atoms with Crippen LogP contribution in [-0.2, 0) is 29.0 Å². The van der Waals surface area contributed by atoms with E-state index in [1.54, 1.807) is 13.0 Å². The summed E-state index contributed by atoms with van der Waals surface area (Å²) in [6, 6.07) is 14.0. The molecular weight excluding hydrogens is 533 g/mol. The maximum atomic E-state index is 13.7. The van der Waals surface area contributed by atoms with Gasteiger partial charge in [-0.25, -0.2) is 9.18 Å². The molecule has 3 aromatic carbocycles. The van der Waals surface area contributed by atoms with Crippen LogP contribution in [0.15, 0.2) is 48.5 Å². The lowest BCUT2D eigenvalue weighted by Crippen LogP contribution is -2.17. The normalized spacial score (nSPS) is 13.1. The number of nitrogens with one attached hydrogen (secondary N) is 1. The minimum Gasteiger partial charge on any atom is -0.493 e. The van der Waals surface area contributed by atoms with Gasteiger partial charge in [-0.3, -0.25) is 4.68 Å². The summed E-state index contributed by atoms with van der Waals surface area (Å²) in [7, 11) is 0. The number of aryl methyl sites for hydroxylation is 2. The van der Waals surface area contributed by atoms with Crippen molar-refractivity contribution in [2.45, 2.75) is 39.8 Å². The molecule has 1 aliphatic heterocycles. The molecule has 1 aliphatic rings. The van der Waals surface area contributed by atoms with Crippen molar-refractivity contribution in [2.75, 3.05) is 19.8 Å². The third kappa shape index (κ3) is 4.71. The lowest BCUT2D eigenvalue weighted by atomic mass is 9.98. The molecule has 0 radical (unpaired) electrons. The number of halogens is 2. The van der Waals surface area contributed by atoms with Crippen LogP contribution >= 0.6 is 11.6 Å². The van der Waals surface area contributed by atoms with E-state index in [1.165, 1.54) is 12.1 Å². The zero-order valence-electron chi connectivity index (χ0n) is 22.4. The quantitative estimate of drug-likeness (QED) is 0.163. The third-order valence-corrected chi connectivity index (χ3v) is 7.63. The van der Waals surface area contributed by atoms with Gasteiger partial charge in [0.25, 0.3) is 0 Å². The first-order valence-electron chi connectivity index (χ1n) is 13.4. The SMILES string of the molecule is CCOC(=O)c1[nH]c2c(-c3c(C)nn4c3COCC4)c(Cl)ccc2c1CCCOc1cccc2cc(F)ccc12. The highest BCUT2D eigenvalue weighted by Crippen LogP contribution is 2.41. The van der Waals surface area contributed by atoms with Gasteiger partial charge in [0, 0.05) is 21.9 Å². The van der Waals surface area contributed by atoms with Gasteiger partial charge in [-0.15, -0.1) is 0 Å². The van der Waals surface area contributed by atoms with Crippen LogP contribution in [0.3, 0.4) is 0 Å².